The summed E-state index contributed by atoms with van der Waals surface area (Å²) in [5.74, 6) is -0.427. The Balaban J connectivity index is 2.67. The summed E-state index contributed by atoms with van der Waals surface area (Å²) in [5.41, 5.74) is -1.41. The summed E-state index contributed by atoms with van der Waals surface area (Å²) in [5, 5.41) is -0.199. The van der Waals surface area contributed by atoms with Crippen LogP contribution in [0, 0.1) is 0 Å². The van der Waals surface area contributed by atoms with Crippen molar-refractivity contribution in [2.45, 2.75) is 49.7 Å². The lowest BCUT2D eigenvalue weighted by atomic mass is 10.2. The molecule has 0 bridgehead atoms. The fraction of sp³-hybridized carbons (Fsp3) is 0.538. The van der Waals surface area contributed by atoms with Crippen molar-refractivity contribution in [1.82, 2.24) is 4.98 Å². The molecule has 1 unspecified atom stereocenters. The maximum Gasteiger partial charge on any atom is 0.417 e. The quantitative estimate of drug-likeness (QED) is 0.626. The molecule has 20 heavy (non-hydrogen) atoms. The van der Waals surface area contributed by atoms with Crippen molar-refractivity contribution in [3.8, 4) is 0 Å². The van der Waals surface area contributed by atoms with Crippen molar-refractivity contribution in [1.29, 1.82) is 0 Å². The van der Waals surface area contributed by atoms with Gasteiger partial charge >= 0.3 is 12.1 Å². The smallest absolute Gasteiger partial charge is 0.417 e. The molecule has 7 heteroatoms. The van der Waals surface area contributed by atoms with E-state index in [9.17, 15) is 18.0 Å². The Kier molecular flexibility index (Phi) is 5.07. The van der Waals surface area contributed by atoms with Crippen LogP contribution < -0.4 is 0 Å². The molecular formula is C13H16F3NO2S. The molecule has 1 heterocycles. The van der Waals surface area contributed by atoms with Crippen molar-refractivity contribution < 1.29 is 22.7 Å². The number of hydrogen-bond donors (Lipinski definition) is 0. The molecule has 0 saturated heterocycles. The van der Waals surface area contributed by atoms with Gasteiger partial charge in [-0.2, -0.15) is 13.2 Å². The van der Waals surface area contributed by atoms with Gasteiger partial charge in [0.15, 0.2) is 0 Å². The molecule has 0 aliphatic rings. The Hall–Kier alpha value is -1.24. The summed E-state index contributed by atoms with van der Waals surface area (Å²) < 4.78 is 42.3. The van der Waals surface area contributed by atoms with Crippen LogP contribution in [0.25, 0.3) is 0 Å². The second-order valence-corrected chi connectivity index (χ2v) is 6.54. The van der Waals surface area contributed by atoms with Crippen LogP contribution in [0.1, 0.15) is 33.3 Å². The minimum absolute atomic E-state index is 0.344. The number of aromatic nitrogens is 1. The topological polar surface area (TPSA) is 39.2 Å². The average molecular weight is 307 g/mol. The summed E-state index contributed by atoms with van der Waals surface area (Å²) >= 11 is 1.06. The summed E-state index contributed by atoms with van der Waals surface area (Å²) in [6, 6.07) is 2.19. The zero-order valence-electron chi connectivity index (χ0n) is 11.6. The number of ether oxygens (including phenoxy) is 1. The van der Waals surface area contributed by atoms with E-state index < -0.39 is 28.6 Å². The standard InChI is InChI=1S/C13H16F3NO2S/c1-8(11(18)19-12(2,3)4)20-10-6-5-9(7-17-10)13(14,15)16/h5-8H,1-4H3. The summed E-state index contributed by atoms with van der Waals surface area (Å²) in [6.07, 6.45) is -3.66. The first-order valence-corrected chi connectivity index (χ1v) is 6.80. The van der Waals surface area contributed by atoms with Gasteiger partial charge in [-0.05, 0) is 39.8 Å². The number of alkyl halides is 3. The first kappa shape index (κ1) is 16.8. The molecule has 0 saturated carbocycles. The predicted molar refractivity (Wildman–Crippen MR) is 70.4 cm³/mol. The van der Waals surface area contributed by atoms with E-state index in [-0.39, 0.29) is 0 Å². The third-order valence-electron chi connectivity index (χ3n) is 2.10. The lowest BCUT2D eigenvalue weighted by Gasteiger charge is -2.21. The molecule has 0 N–H and O–H groups in total. The predicted octanol–water partition coefficient (Wildman–Crippen LogP) is 3.92. The first-order valence-electron chi connectivity index (χ1n) is 5.92. The average Bonchev–Trinajstić information content (AvgIpc) is 2.26. The van der Waals surface area contributed by atoms with E-state index in [2.05, 4.69) is 4.98 Å². The third kappa shape index (κ3) is 5.40. The molecule has 0 aliphatic heterocycles. The number of nitrogens with zero attached hydrogens (tertiary/aromatic N) is 1. The lowest BCUT2D eigenvalue weighted by molar-refractivity contribution is -0.153. The molecule has 0 radical (unpaired) electrons. The molecular weight excluding hydrogens is 291 g/mol. The number of carbonyl (C=O) groups is 1. The van der Waals surface area contributed by atoms with Gasteiger partial charge in [-0.1, -0.05) is 11.8 Å². The van der Waals surface area contributed by atoms with Crippen molar-refractivity contribution in [3.63, 3.8) is 0 Å². The van der Waals surface area contributed by atoms with Crippen molar-refractivity contribution in [2.24, 2.45) is 0 Å². The molecule has 0 fully saturated rings. The van der Waals surface area contributed by atoms with Crippen LogP contribution in [0.3, 0.4) is 0 Å². The molecule has 1 aromatic rings. The van der Waals surface area contributed by atoms with Crippen LogP contribution in [0.5, 0.6) is 0 Å². The van der Waals surface area contributed by atoms with Gasteiger partial charge in [0.1, 0.15) is 10.9 Å². The number of pyridine rings is 1. The SMILES string of the molecule is CC(Sc1ccc(C(F)(F)F)cn1)C(=O)OC(C)(C)C. The van der Waals surface area contributed by atoms with Gasteiger partial charge in [0.2, 0.25) is 0 Å². The highest BCUT2D eigenvalue weighted by Crippen LogP contribution is 2.30. The van der Waals surface area contributed by atoms with Gasteiger partial charge in [0.05, 0.1) is 10.6 Å². The molecule has 1 aromatic heterocycles. The third-order valence-corrected chi connectivity index (χ3v) is 3.13. The molecule has 0 spiro atoms. The second-order valence-electron chi connectivity index (χ2n) is 5.18. The van der Waals surface area contributed by atoms with E-state index in [0.717, 1.165) is 24.0 Å². The second kappa shape index (κ2) is 6.03. The Labute approximate surface area is 119 Å². The highest BCUT2D eigenvalue weighted by atomic mass is 32.2. The maximum absolute atomic E-state index is 12.4. The van der Waals surface area contributed by atoms with Crippen LogP contribution in [-0.2, 0) is 15.7 Å². The summed E-state index contributed by atoms with van der Waals surface area (Å²) in [7, 11) is 0. The molecule has 0 aliphatic carbocycles. The Morgan fingerprint density at radius 3 is 2.30 bits per heavy atom. The van der Waals surface area contributed by atoms with Gasteiger partial charge in [0.25, 0.3) is 0 Å². The fourth-order valence-corrected chi connectivity index (χ4v) is 2.00. The number of rotatable bonds is 3. The molecule has 3 nitrogen and oxygen atoms in total. The van der Waals surface area contributed by atoms with Crippen LogP contribution in [0.4, 0.5) is 13.2 Å². The Morgan fingerprint density at radius 2 is 1.90 bits per heavy atom. The largest absolute Gasteiger partial charge is 0.459 e. The number of halogens is 3. The van der Waals surface area contributed by atoms with E-state index in [1.54, 1.807) is 27.7 Å². The van der Waals surface area contributed by atoms with E-state index in [0.29, 0.717) is 5.03 Å². The van der Waals surface area contributed by atoms with Crippen molar-refractivity contribution in [2.75, 3.05) is 0 Å². The summed E-state index contributed by atoms with van der Waals surface area (Å²) in [6.45, 7) is 6.87. The molecule has 1 atom stereocenters. The zero-order chi connectivity index (χ0) is 15.6. The van der Waals surface area contributed by atoms with Gasteiger partial charge in [0, 0.05) is 6.20 Å². The Morgan fingerprint density at radius 1 is 1.30 bits per heavy atom. The van der Waals surface area contributed by atoms with Crippen molar-refractivity contribution in [3.05, 3.63) is 23.9 Å². The zero-order valence-corrected chi connectivity index (χ0v) is 12.4. The highest BCUT2D eigenvalue weighted by molar-refractivity contribution is 8.00. The van der Waals surface area contributed by atoms with E-state index in [1.807, 2.05) is 0 Å². The van der Waals surface area contributed by atoms with Crippen LogP contribution in [-0.4, -0.2) is 21.8 Å². The van der Waals surface area contributed by atoms with Crippen LogP contribution in [0.2, 0.25) is 0 Å². The van der Waals surface area contributed by atoms with Gasteiger partial charge in [-0.3, -0.25) is 4.79 Å². The van der Waals surface area contributed by atoms with Gasteiger partial charge in [-0.25, -0.2) is 4.98 Å². The highest BCUT2D eigenvalue weighted by Gasteiger charge is 2.31. The van der Waals surface area contributed by atoms with Gasteiger partial charge in [-0.15, -0.1) is 0 Å². The first-order chi connectivity index (χ1) is 8.99. The normalized spacial score (nSPS) is 13.9. The minimum Gasteiger partial charge on any atom is -0.459 e. The van der Waals surface area contributed by atoms with E-state index >= 15 is 0 Å². The molecule has 112 valence electrons. The van der Waals surface area contributed by atoms with Gasteiger partial charge < -0.3 is 4.74 Å². The monoisotopic (exact) mass is 307 g/mol. The van der Waals surface area contributed by atoms with E-state index in [4.69, 9.17) is 4.74 Å². The molecule has 1 rings (SSSR count). The number of esters is 1. The number of carbonyl (C=O) groups excluding carboxylic acids is 1. The van der Waals surface area contributed by atoms with Crippen molar-refractivity contribution >= 4 is 17.7 Å². The number of hydrogen-bond acceptors (Lipinski definition) is 4. The Bertz CT molecular complexity index is 466. The van der Waals surface area contributed by atoms with E-state index in [1.165, 1.54) is 6.07 Å². The minimum atomic E-state index is -4.41. The molecule has 0 amide bonds. The molecule has 0 aromatic carbocycles. The fourth-order valence-electron chi connectivity index (χ4n) is 1.23. The lowest BCUT2D eigenvalue weighted by Crippen LogP contribution is -2.28. The van der Waals surface area contributed by atoms with Crippen LogP contribution >= 0.6 is 11.8 Å². The maximum atomic E-state index is 12.4. The number of thioether (sulfide) groups is 1. The summed E-state index contributed by atoms with van der Waals surface area (Å²) in [4.78, 5) is 15.4. The van der Waals surface area contributed by atoms with Crippen LogP contribution in [0.15, 0.2) is 23.4 Å².